The van der Waals surface area contributed by atoms with Gasteiger partial charge in [-0.2, -0.15) is 0 Å². The number of aliphatic hydroxyl groups excluding tert-OH is 1. The van der Waals surface area contributed by atoms with E-state index in [9.17, 15) is 15.0 Å². The Kier molecular flexibility index (Phi) is 7.60. The van der Waals surface area contributed by atoms with Crippen molar-refractivity contribution in [2.45, 2.75) is 103 Å². The number of rotatable bonds is 8. The lowest BCUT2D eigenvalue weighted by atomic mass is 9.72. The number of ketones is 1. The Labute approximate surface area is 193 Å². The van der Waals surface area contributed by atoms with Crippen LogP contribution in [0.2, 0.25) is 0 Å². The van der Waals surface area contributed by atoms with Gasteiger partial charge in [0.2, 0.25) is 0 Å². The molecule has 0 amide bonds. The zero-order chi connectivity index (χ0) is 22.6. The zero-order valence-corrected chi connectivity index (χ0v) is 19.6. The standard InChI is InChI=1S/C28H40O4/c1-20-6-10-22(11-7-20)26(31)18-23(29)12-8-21-9-13-25(30)27(17-21)32-24-5-4-16-28(19-24)14-2-3-15-28/h6,9-10,13,17,20,22,24,26,30-31H,2-5,7-8,11-12,14-16,18-19H2,1H3. The normalized spacial score (nSPS) is 28.0. The Balaban J connectivity index is 1.29. The fraction of sp³-hybridized carbons (Fsp3) is 0.679. The molecule has 4 heteroatoms. The van der Waals surface area contributed by atoms with Gasteiger partial charge in [-0.15, -0.1) is 0 Å². The number of allylic oxidation sites excluding steroid dienone is 1. The van der Waals surface area contributed by atoms with Crippen LogP contribution >= 0.6 is 0 Å². The van der Waals surface area contributed by atoms with Crippen molar-refractivity contribution < 1.29 is 19.7 Å². The van der Waals surface area contributed by atoms with Crippen LogP contribution in [-0.2, 0) is 11.2 Å². The molecular formula is C28H40O4. The molecule has 2 N–H and O–H groups in total. The number of aliphatic hydroxyl groups is 1. The first-order valence-corrected chi connectivity index (χ1v) is 12.8. The van der Waals surface area contributed by atoms with E-state index in [4.69, 9.17) is 4.74 Å². The van der Waals surface area contributed by atoms with Gasteiger partial charge in [0.15, 0.2) is 11.5 Å². The van der Waals surface area contributed by atoms with Crippen LogP contribution in [0.5, 0.6) is 11.5 Å². The number of hydrogen-bond acceptors (Lipinski definition) is 4. The van der Waals surface area contributed by atoms with Gasteiger partial charge in [0.1, 0.15) is 5.78 Å². The van der Waals surface area contributed by atoms with Gasteiger partial charge >= 0.3 is 0 Å². The summed E-state index contributed by atoms with van der Waals surface area (Å²) in [5.74, 6) is 1.49. The molecule has 4 nitrogen and oxygen atoms in total. The lowest BCUT2D eigenvalue weighted by Crippen LogP contribution is -2.32. The van der Waals surface area contributed by atoms with Crippen LogP contribution in [0.25, 0.3) is 0 Å². The highest BCUT2D eigenvalue weighted by molar-refractivity contribution is 5.79. The molecule has 1 aromatic rings. The molecule has 3 aliphatic rings. The zero-order valence-electron chi connectivity index (χ0n) is 19.6. The van der Waals surface area contributed by atoms with Crippen LogP contribution in [0, 0.1) is 17.3 Å². The Morgan fingerprint density at radius 1 is 1.12 bits per heavy atom. The van der Waals surface area contributed by atoms with Crippen LogP contribution in [-0.4, -0.2) is 28.2 Å². The molecule has 32 heavy (non-hydrogen) atoms. The van der Waals surface area contributed by atoms with Crippen molar-refractivity contribution in [3.63, 3.8) is 0 Å². The van der Waals surface area contributed by atoms with E-state index in [1.165, 1.54) is 38.5 Å². The highest BCUT2D eigenvalue weighted by Gasteiger charge is 2.39. The minimum atomic E-state index is -0.584. The summed E-state index contributed by atoms with van der Waals surface area (Å²) in [6.45, 7) is 2.18. The fourth-order valence-corrected chi connectivity index (χ4v) is 6.13. The van der Waals surface area contributed by atoms with Crippen molar-refractivity contribution in [3.8, 4) is 11.5 Å². The van der Waals surface area contributed by atoms with E-state index in [1.54, 1.807) is 6.07 Å². The number of Topliss-reactive ketones (excluding diaryl/α,β-unsaturated/α-hetero) is 1. The number of aromatic hydroxyl groups is 1. The van der Waals surface area contributed by atoms with Crippen LogP contribution in [0.4, 0.5) is 0 Å². The van der Waals surface area contributed by atoms with E-state index in [0.29, 0.717) is 29.9 Å². The third kappa shape index (κ3) is 5.95. The highest BCUT2D eigenvalue weighted by Crippen LogP contribution is 2.49. The maximum atomic E-state index is 12.5. The van der Waals surface area contributed by atoms with Gasteiger partial charge in [0.05, 0.1) is 12.2 Å². The summed E-state index contributed by atoms with van der Waals surface area (Å²) in [6.07, 6.45) is 17.1. The van der Waals surface area contributed by atoms with E-state index in [2.05, 4.69) is 19.1 Å². The van der Waals surface area contributed by atoms with Crippen molar-refractivity contribution in [1.82, 2.24) is 0 Å². The monoisotopic (exact) mass is 440 g/mol. The second-order valence-electron chi connectivity index (χ2n) is 10.8. The van der Waals surface area contributed by atoms with Gasteiger partial charge in [0, 0.05) is 18.8 Å². The Bertz CT molecular complexity index is 808. The Morgan fingerprint density at radius 3 is 2.66 bits per heavy atom. The number of phenols is 1. The molecule has 0 radical (unpaired) electrons. The topological polar surface area (TPSA) is 66.8 Å². The molecule has 2 fully saturated rings. The van der Waals surface area contributed by atoms with E-state index < -0.39 is 6.10 Å². The predicted molar refractivity (Wildman–Crippen MR) is 127 cm³/mol. The van der Waals surface area contributed by atoms with Crippen LogP contribution in [0.3, 0.4) is 0 Å². The van der Waals surface area contributed by atoms with E-state index in [-0.39, 0.29) is 30.0 Å². The number of carbonyl (C=O) groups excluding carboxylic acids is 1. The van der Waals surface area contributed by atoms with Gasteiger partial charge in [-0.1, -0.05) is 38.0 Å². The molecule has 4 atom stereocenters. The summed E-state index contributed by atoms with van der Waals surface area (Å²) in [5, 5.41) is 20.8. The summed E-state index contributed by atoms with van der Waals surface area (Å²) in [5.41, 5.74) is 1.47. The second kappa shape index (κ2) is 10.4. The van der Waals surface area contributed by atoms with Gasteiger partial charge in [0.25, 0.3) is 0 Å². The average Bonchev–Trinajstić information content (AvgIpc) is 3.22. The first-order valence-electron chi connectivity index (χ1n) is 12.8. The molecule has 0 saturated heterocycles. The molecule has 4 rings (SSSR count). The maximum Gasteiger partial charge on any atom is 0.161 e. The van der Waals surface area contributed by atoms with E-state index in [1.807, 2.05) is 12.1 Å². The van der Waals surface area contributed by atoms with Gasteiger partial charge in [-0.3, -0.25) is 4.79 Å². The largest absolute Gasteiger partial charge is 0.504 e. The average molecular weight is 441 g/mol. The number of aryl methyl sites for hydroxylation is 1. The number of phenolic OH excluding ortho intramolecular Hbond substituents is 1. The molecule has 0 bridgehead atoms. The lowest BCUT2D eigenvalue weighted by molar-refractivity contribution is -0.121. The molecule has 2 saturated carbocycles. The number of carbonyl (C=O) groups is 1. The third-order valence-corrected chi connectivity index (χ3v) is 8.14. The number of hydrogen-bond donors (Lipinski definition) is 2. The van der Waals surface area contributed by atoms with Crippen molar-refractivity contribution in [3.05, 3.63) is 35.9 Å². The summed E-state index contributed by atoms with van der Waals surface area (Å²) >= 11 is 0. The van der Waals surface area contributed by atoms with Crippen molar-refractivity contribution >= 4 is 5.78 Å². The fourth-order valence-electron chi connectivity index (χ4n) is 6.13. The first-order chi connectivity index (χ1) is 15.4. The molecule has 1 spiro atoms. The maximum absolute atomic E-state index is 12.5. The summed E-state index contributed by atoms with van der Waals surface area (Å²) in [7, 11) is 0. The quantitative estimate of drug-likeness (QED) is 0.477. The molecular weight excluding hydrogens is 400 g/mol. The van der Waals surface area contributed by atoms with E-state index >= 15 is 0 Å². The minimum absolute atomic E-state index is 0.0931. The van der Waals surface area contributed by atoms with E-state index in [0.717, 1.165) is 31.2 Å². The molecule has 176 valence electrons. The van der Waals surface area contributed by atoms with Crippen molar-refractivity contribution in [2.75, 3.05) is 0 Å². The van der Waals surface area contributed by atoms with Crippen LogP contribution in [0.1, 0.15) is 89.5 Å². The minimum Gasteiger partial charge on any atom is -0.504 e. The Hall–Kier alpha value is -1.81. The van der Waals surface area contributed by atoms with Crippen LogP contribution < -0.4 is 4.74 Å². The number of ether oxygens (including phenoxy) is 1. The second-order valence-corrected chi connectivity index (χ2v) is 10.8. The van der Waals surface area contributed by atoms with Gasteiger partial charge in [-0.25, -0.2) is 0 Å². The van der Waals surface area contributed by atoms with Gasteiger partial charge in [-0.05, 0) is 86.8 Å². The molecule has 0 aromatic heterocycles. The Morgan fingerprint density at radius 2 is 1.91 bits per heavy atom. The van der Waals surface area contributed by atoms with Crippen molar-refractivity contribution in [1.29, 1.82) is 0 Å². The smallest absolute Gasteiger partial charge is 0.161 e. The summed E-state index contributed by atoms with van der Waals surface area (Å²) < 4.78 is 6.29. The number of benzene rings is 1. The highest BCUT2D eigenvalue weighted by atomic mass is 16.5. The third-order valence-electron chi connectivity index (χ3n) is 8.14. The molecule has 1 aromatic carbocycles. The SMILES string of the molecule is CC1C=CC(C(O)CC(=O)CCc2ccc(O)c(OC3CCCC4(CCCC4)C3)c2)CC1. The summed E-state index contributed by atoms with van der Waals surface area (Å²) in [6, 6.07) is 5.46. The lowest BCUT2D eigenvalue weighted by Gasteiger charge is -2.38. The molecule has 0 aliphatic heterocycles. The van der Waals surface area contributed by atoms with Crippen LogP contribution in [0.15, 0.2) is 30.4 Å². The molecule has 0 heterocycles. The van der Waals surface area contributed by atoms with Crippen molar-refractivity contribution in [2.24, 2.45) is 17.3 Å². The first kappa shape index (κ1) is 23.4. The predicted octanol–water partition coefficient (Wildman–Crippen LogP) is 6.13. The molecule has 4 unspecified atom stereocenters. The van der Waals surface area contributed by atoms with Gasteiger partial charge < -0.3 is 14.9 Å². The molecule has 3 aliphatic carbocycles. The summed E-state index contributed by atoms with van der Waals surface area (Å²) in [4.78, 5) is 12.5.